The molecule has 4 nitrogen and oxygen atoms in total. The number of amides is 1. The molecular weight excluding hydrogens is 358 g/mol. The maximum atomic E-state index is 12.6. The third kappa shape index (κ3) is 5.23. The Morgan fingerprint density at radius 1 is 0.897 bits per heavy atom. The Morgan fingerprint density at radius 2 is 1.69 bits per heavy atom. The summed E-state index contributed by atoms with van der Waals surface area (Å²) in [6, 6.07) is 21.7. The molecule has 1 saturated carbocycles. The van der Waals surface area contributed by atoms with E-state index in [9.17, 15) is 4.79 Å². The first-order valence-corrected chi connectivity index (χ1v) is 10.4. The number of benzene rings is 2. The van der Waals surface area contributed by atoms with E-state index >= 15 is 0 Å². The van der Waals surface area contributed by atoms with Gasteiger partial charge in [0.15, 0.2) is 0 Å². The van der Waals surface area contributed by atoms with E-state index in [0.29, 0.717) is 11.5 Å². The number of carbonyl (C=O) groups excluding carboxylic acids is 1. The quantitative estimate of drug-likeness (QED) is 0.564. The Morgan fingerprint density at radius 3 is 2.52 bits per heavy atom. The van der Waals surface area contributed by atoms with Crippen molar-refractivity contribution < 1.29 is 4.79 Å². The fourth-order valence-electron chi connectivity index (χ4n) is 3.92. The van der Waals surface area contributed by atoms with Crippen molar-refractivity contribution in [3.05, 3.63) is 78.5 Å². The Hall–Kier alpha value is -3.14. The van der Waals surface area contributed by atoms with E-state index in [2.05, 4.69) is 15.6 Å². The van der Waals surface area contributed by atoms with Gasteiger partial charge in [-0.2, -0.15) is 0 Å². The number of pyridine rings is 1. The largest absolute Gasteiger partial charge is 0.352 e. The first-order chi connectivity index (χ1) is 14.3. The molecule has 1 fully saturated rings. The standard InChI is InChI=1S/C25H27N3O/c29-25(27-18-19-8-3-1-4-9-19)22-11-7-10-20(16-22)21-14-15-26-24(17-21)28-23-12-5-2-6-13-23/h2,5-7,10-17,19H,1,3-4,8-9,18H2,(H,26,28)(H,27,29). The number of hydrogen-bond donors (Lipinski definition) is 2. The molecule has 1 aliphatic carbocycles. The van der Waals surface area contributed by atoms with Crippen molar-refractivity contribution >= 4 is 17.4 Å². The Kier molecular flexibility index (Phi) is 6.20. The fourth-order valence-corrected chi connectivity index (χ4v) is 3.92. The lowest BCUT2D eigenvalue weighted by atomic mass is 9.89. The third-order valence-electron chi connectivity index (χ3n) is 5.54. The van der Waals surface area contributed by atoms with Crippen LogP contribution in [0.5, 0.6) is 0 Å². The van der Waals surface area contributed by atoms with Crippen molar-refractivity contribution in [2.45, 2.75) is 32.1 Å². The zero-order valence-electron chi connectivity index (χ0n) is 16.6. The second-order valence-electron chi connectivity index (χ2n) is 7.72. The van der Waals surface area contributed by atoms with Gasteiger partial charge in [0.05, 0.1) is 0 Å². The zero-order valence-corrected chi connectivity index (χ0v) is 16.6. The lowest BCUT2D eigenvalue weighted by Gasteiger charge is -2.21. The Balaban J connectivity index is 1.45. The van der Waals surface area contributed by atoms with Crippen molar-refractivity contribution in [3.8, 4) is 11.1 Å². The van der Waals surface area contributed by atoms with Crippen molar-refractivity contribution in [3.63, 3.8) is 0 Å². The van der Waals surface area contributed by atoms with Crippen LogP contribution in [0.3, 0.4) is 0 Å². The van der Waals surface area contributed by atoms with Crippen molar-refractivity contribution in [2.75, 3.05) is 11.9 Å². The molecule has 0 aliphatic heterocycles. The molecule has 2 N–H and O–H groups in total. The van der Waals surface area contributed by atoms with Crippen LogP contribution in [0, 0.1) is 5.92 Å². The normalized spacial score (nSPS) is 14.3. The third-order valence-corrected chi connectivity index (χ3v) is 5.54. The van der Waals surface area contributed by atoms with Crippen LogP contribution in [-0.4, -0.2) is 17.4 Å². The molecule has 0 radical (unpaired) electrons. The average molecular weight is 386 g/mol. The molecule has 2 aromatic carbocycles. The fraction of sp³-hybridized carbons (Fsp3) is 0.280. The van der Waals surface area contributed by atoms with E-state index < -0.39 is 0 Å². The van der Waals surface area contributed by atoms with Gasteiger partial charge in [-0.15, -0.1) is 0 Å². The lowest BCUT2D eigenvalue weighted by molar-refractivity contribution is 0.0943. The molecule has 1 aromatic heterocycles. The van der Waals surface area contributed by atoms with Crippen LogP contribution in [0.2, 0.25) is 0 Å². The Bertz CT molecular complexity index is 949. The minimum Gasteiger partial charge on any atom is -0.352 e. The van der Waals surface area contributed by atoms with Crippen LogP contribution in [0.1, 0.15) is 42.5 Å². The van der Waals surface area contributed by atoms with E-state index in [1.165, 1.54) is 32.1 Å². The van der Waals surface area contributed by atoms with Gasteiger partial charge in [0, 0.05) is 24.0 Å². The summed E-state index contributed by atoms with van der Waals surface area (Å²) in [5, 5.41) is 6.45. The van der Waals surface area contributed by atoms with Crippen molar-refractivity contribution in [1.82, 2.24) is 10.3 Å². The molecule has 0 unspecified atom stereocenters. The van der Waals surface area contributed by atoms with Crippen LogP contribution in [0.15, 0.2) is 72.9 Å². The molecule has 0 spiro atoms. The number of aromatic nitrogens is 1. The summed E-state index contributed by atoms with van der Waals surface area (Å²) in [7, 11) is 0. The molecular formula is C25H27N3O. The monoisotopic (exact) mass is 385 g/mol. The van der Waals surface area contributed by atoms with Crippen molar-refractivity contribution in [1.29, 1.82) is 0 Å². The van der Waals surface area contributed by atoms with Gasteiger partial charge in [0.25, 0.3) is 5.91 Å². The summed E-state index contributed by atoms with van der Waals surface area (Å²) in [6.45, 7) is 0.781. The Labute approximate surface area is 172 Å². The topological polar surface area (TPSA) is 54.0 Å². The highest BCUT2D eigenvalue weighted by atomic mass is 16.1. The lowest BCUT2D eigenvalue weighted by Crippen LogP contribution is -2.30. The first-order valence-electron chi connectivity index (χ1n) is 10.4. The highest BCUT2D eigenvalue weighted by Gasteiger charge is 2.15. The number of rotatable bonds is 6. The van der Waals surface area contributed by atoms with Gasteiger partial charge in [0.1, 0.15) is 5.82 Å². The molecule has 148 valence electrons. The molecule has 1 aliphatic rings. The van der Waals surface area contributed by atoms with E-state index in [1.807, 2.05) is 66.7 Å². The van der Waals surface area contributed by atoms with Crippen LogP contribution < -0.4 is 10.6 Å². The van der Waals surface area contributed by atoms with Crippen LogP contribution in [0.25, 0.3) is 11.1 Å². The molecule has 3 aromatic rings. The number of nitrogens with zero attached hydrogens (tertiary/aromatic N) is 1. The highest BCUT2D eigenvalue weighted by Crippen LogP contribution is 2.25. The summed E-state index contributed by atoms with van der Waals surface area (Å²) < 4.78 is 0. The molecule has 1 amide bonds. The van der Waals surface area contributed by atoms with E-state index in [1.54, 1.807) is 6.20 Å². The van der Waals surface area contributed by atoms with Gasteiger partial charge in [-0.1, -0.05) is 49.6 Å². The van der Waals surface area contributed by atoms with Gasteiger partial charge in [-0.25, -0.2) is 4.98 Å². The summed E-state index contributed by atoms with van der Waals surface area (Å²) in [4.78, 5) is 17.1. The van der Waals surface area contributed by atoms with E-state index in [4.69, 9.17) is 0 Å². The number of carbonyl (C=O) groups is 1. The predicted molar refractivity (Wildman–Crippen MR) is 118 cm³/mol. The molecule has 1 heterocycles. The highest BCUT2D eigenvalue weighted by molar-refractivity contribution is 5.95. The summed E-state index contributed by atoms with van der Waals surface area (Å²) in [6.07, 6.45) is 8.16. The van der Waals surface area contributed by atoms with Crippen LogP contribution in [-0.2, 0) is 0 Å². The van der Waals surface area contributed by atoms with Gasteiger partial charge < -0.3 is 10.6 Å². The van der Waals surface area contributed by atoms with E-state index in [0.717, 1.165) is 29.2 Å². The molecule has 0 atom stereocenters. The van der Waals surface area contributed by atoms with Gasteiger partial charge in [-0.3, -0.25) is 4.79 Å². The second kappa shape index (κ2) is 9.37. The van der Waals surface area contributed by atoms with Crippen LogP contribution in [0.4, 0.5) is 11.5 Å². The number of hydrogen-bond acceptors (Lipinski definition) is 3. The summed E-state index contributed by atoms with van der Waals surface area (Å²) in [5.74, 6) is 1.41. The van der Waals surface area contributed by atoms with Gasteiger partial charge in [0.2, 0.25) is 0 Å². The summed E-state index contributed by atoms with van der Waals surface area (Å²) >= 11 is 0. The number of nitrogens with one attached hydrogen (secondary N) is 2. The minimum atomic E-state index is 0.00844. The van der Waals surface area contributed by atoms with Gasteiger partial charge in [-0.05, 0) is 66.3 Å². The predicted octanol–water partition coefficient (Wildman–Crippen LogP) is 5.80. The molecule has 4 rings (SSSR count). The van der Waals surface area contributed by atoms with Crippen molar-refractivity contribution in [2.24, 2.45) is 5.92 Å². The maximum absolute atomic E-state index is 12.6. The van der Waals surface area contributed by atoms with E-state index in [-0.39, 0.29) is 5.91 Å². The zero-order chi connectivity index (χ0) is 19.9. The average Bonchev–Trinajstić information content (AvgIpc) is 2.79. The first kappa shape index (κ1) is 19.2. The molecule has 0 saturated heterocycles. The van der Waals surface area contributed by atoms with Gasteiger partial charge >= 0.3 is 0 Å². The maximum Gasteiger partial charge on any atom is 0.251 e. The second-order valence-corrected chi connectivity index (χ2v) is 7.72. The number of anilines is 2. The SMILES string of the molecule is O=C(NCC1CCCCC1)c1cccc(-c2ccnc(Nc3ccccc3)c2)c1. The smallest absolute Gasteiger partial charge is 0.251 e. The molecule has 29 heavy (non-hydrogen) atoms. The van der Waals surface area contributed by atoms with Crippen LogP contribution >= 0.6 is 0 Å². The molecule has 4 heteroatoms. The number of para-hydroxylation sites is 1. The minimum absolute atomic E-state index is 0.00844. The summed E-state index contributed by atoms with van der Waals surface area (Å²) in [5.41, 5.74) is 3.73. The molecule has 0 bridgehead atoms.